The van der Waals surface area contributed by atoms with Gasteiger partial charge >= 0.3 is 0 Å². The second-order valence-corrected chi connectivity index (χ2v) is 3.42. The fraction of sp³-hybridized carbons (Fsp3) is 0.818. The lowest BCUT2D eigenvalue weighted by atomic mass is 10.0. The van der Waals surface area contributed by atoms with Gasteiger partial charge in [-0.05, 0) is 26.2 Å². The van der Waals surface area contributed by atoms with Gasteiger partial charge in [0.1, 0.15) is 0 Å². The van der Waals surface area contributed by atoms with Gasteiger partial charge in [0, 0.05) is 0 Å². The highest BCUT2D eigenvalue weighted by atomic mass is 16.3. The highest BCUT2D eigenvalue weighted by Gasteiger charge is 1.97. The molecule has 0 amide bonds. The van der Waals surface area contributed by atoms with Gasteiger partial charge in [0.05, 0.1) is 6.10 Å². The van der Waals surface area contributed by atoms with Crippen LogP contribution in [0, 0.1) is 0 Å². The molecule has 0 aromatic heterocycles. The molecule has 1 heteroatoms. The van der Waals surface area contributed by atoms with Crippen LogP contribution in [0.25, 0.3) is 0 Å². The minimum Gasteiger partial charge on any atom is -0.389 e. The third-order valence-electron chi connectivity index (χ3n) is 1.90. The summed E-state index contributed by atoms with van der Waals surface area (Å²) in [5, 5.41) is 9.17. The SMILES string of the molecule is CCCC/C(=C\[C@H](C)O)CCC. The molecule has 1 atom stereocenters. The molecule has 0 spiro atoms. The van der Waals surface area contributed by atoms with Gasteiger partial charge in [-0.3, -0.25) is 0 Å². The van der Waals surface area contributed by atoms with Crippen LogP contribution in [0.3, 0.4) is 0 Å². The van der Waals surface area contributed by atoms with E-state index in [4.69, 9.17) is 0 Å². The zero-order valence-corrected chi connectivity index (χ0v) is 8.64. The Morgan fingerprint density at radius 1 is 1.25 bits per heavy atom. The highest BCUT2D eigenvalue weighted by Crippen LogP contribution is 2.14. The quantitative estimate of drug-likeness (QED) is 0.606. The van der Waals surface area contributed by atoms with Crippen LogP contribution in [-0.4, -0.2) is 11.2 Å². The first kappa shape index (κ1) is 11.7. The van der Waals surface area contributed by atoms with Crippen molar-refractivity contribution in [2.45, 2.75) is 59.0 Å². The Kier molecular flexibility index (Phi) is 7.17. The number of unbranched alkanes of at least 4 members (excludes halogenated alkanes) is 1. The summed E-state index contributed by atoms with van der Waals surface area (Å²) in [4.78, 5) is 0. The number of allylic oxidation sites excluding steroid dienone is 1. The smallest absolute Gasteiger partial charge is 0.0695 e. The second kappa shape index (κ2) is 7.35. The molecule has 0 heterocycles. The number of aliphatic hydroxyl groups excluding tert-OH is 1. The predicted octanol–water partition coefficient (Wildman–Crippen LogP) is 3.28. The van der Waals surface area contributed by atoms with Crippen molar-refractivity contribution in [1.29, 1.82) is 0 Å². The van der Waals surface area contributed by atoms with E-state index in [2.05, 4.69) is 13.8 Å². The normalized spacial score (nSPS) is 14.8. The van der Waals surface area contributed by atoms with E-state index in [0.29, 0.717) is 0 Å². The van der Waals surface area contributed by atoms with Crippen molar-refractivity contribution >= 4 is 0 Å². The van der Waals surface area contributed by atoms with Crippen LogP contribution in [0.4, 0.5) is 0 Å². The van der Waals surface area contributed by atoms with Gasteiger partial charge < -0.3 is 5.11 Å². The van der Waals surface area contributed by atoms with Crippen molar-refractivity contribution < 1.29 is 5.11 Å². The van der Waals surface area contributed by atoms with E-state index < -0.39 is 0 Å². The molecule has 0 aliphatic heterocycles. The van der Waals surface area contributed by atoms with E-state index in [1.165, 1.54) is 24.8 Å². The molecular formula is C11H22O. The topological polar surface area (TPSA) is 20.2 Å². The summed E-state index contributed by atoms with van der Waals surface area (Å²) in [6, 6.07) is 0. The van der Waals surface area contributed by atoms with Gasteiger partial charge in [-0.15, -0.1) is 0 Å². The molecule has 0 fully saturated rings. The molecule has 0 radical (unpaired) electrons. The maximum atomic E-state index is 9.17. The minimum atomic E-state index is -0.275. The van der Waals surface area contributed by atoms with E-state index in [0.717, 1.165) is 12.8 Å². The lowest BCUT2D eigenvalue weighted by Crippen LogP contribution is -1.96. The van der Waals surface area contributed by atoms with Gasteiger partial charge in [-0.1, -0.05) is 38.3 Å². The minimum absolute atomic E-state index is 0.275. The van der Waals surface area contributed by atoms with Crippen molar-refractivity contribution in [2.75, 3.05) is 0 Å². The Morgan fingerprint density at radius 3 is 2.33 bits per heavy atom. The molecule has 1 N–H and O–H groups in total. The van der Waals surface area contributed by atoms with Crippen LogP contribution in [0.1, 0.15) is 52.9 Å². The molecular weight excluding hydrogens is 148 g/mol. The Hall–Kier alpha value is -0.300. The van der Waals surface area contributed by atoms with Crippen molar-refractivity contribution in [3.05, 3.63) is 11.6 Å². The maximum Gasteiger partial charge on any atom is 0.0695 e. The van der Waals surface area contributed by atoms with E-state index in [9.17, 15) is 5.11 Å². The van der Waals surface area contributed by atoms with Crippen LogP contribution in [-0.2, 0) is 0 Å². The average molecular weight is 170 g/mol. The van der Waals surface area contributed by atoms with Gasteiger partial charge in [0.2, 0.25) is 0 Å². The Morgan fingerprint density at radius 2 is 1.92 bits per heavy atom. The molecule has 0 aromatic rings. The molecule has 12 heavy (non-hydrogen) atoms. The summed E-state index contributed by atoms with van der Waals surface area (Å²) in [6.45, 7) is 6.20. The fourth-order valence-electron chi connectivity index (χ4n) is 1.36. The van der Waals surface area contributed by atoms with E-state index >= 15 is 0 Å². The summed E-state index contributed by atoms with van der Waals surface area (Å²) in [5.74, 6) is 0. The highest BCUT2D eigenvalue weighted by molar-refractivity contribution is 5.04. The lowest BCUT2D eigenvalue weighted by molar-refractivity contribution is 0.242. The monoisotopic (exact) mass is 170 g/mol. The zero-order valence-electron chi connectivity index (χ0n) is 8.64. The third-order valence-corrected chi connectivity index (χ3v) is 1.90. The molecule has 0 aliphatic carbocycles. The molecule has 1 nitrogen and oxygen atoms in total. The summed E-state index contributed by atoms with van der Waals surface area (Å²) < 4.78 is 0. The molecule has 0 saturated carbocycles. The van der Waals surface area contributed by atoms with Crippen LogP contribution < -0.4 is 0 Å². The molecule has 0 unspecified atom stereocenters. The maximum absolute atomic E-state index is 9.17. The molecule has 0 aliphatic rings. The Balaban J connectivity index is 3.85. The summed E-state index contributed by atoms with van der Waals surface area (Å²) in [6.07, 6.45) is 7.70. The largest absolute Gasteiger partial charge is 0.389 e. The van der Waals surface area contributed by atoms with Gasteiger partial charge in [0.15, 0.2) is 0 Å². The number of aliphatic hydroxyl groups is 1. The van der Waals surface area contributed by atoms with E-state index in [1.807, 2.05) is 13.0 Å². The predicted molar refractivity (Wildman–Crippen MR) is 54.2 cm³/mol. The van der Waals surface area contributed by atoms with E-state index in [1.54, 1.807) is 0 Å². The average Bonchev–Trinajstić information content (AvgIpc) is 2.00. The Labute approximate surface area is 76.5 Å². The summed E-state index contributed by atoms with van der Waals surface area (Å²) in [7, 11) is 0. The standard InChI is InChI=1S/C11H22O/c1-4-6-8-11(7-5-2)9-10(3)12/h9-10,12H,4-8H2,1-3H3/b11-9-/t10-/m0/s1. The van der Waals surface area contributed by atoms with Crippen molar-refractivity contribution in [1.82, 2.24) is 0 Å². The van der Waals surface area contributed by atoms with Crippen LogP contribution in [0.2, 0.25) is 0 Å². The third kappa shape index (κ3) is 6.41. The molecule has 0 bridgehead atoms. The van der Waals surface area contributed by atoms with Crippen LogP contribution in [0.5, 0.6) is 0 Å². The van der Waals surface area contributed by atoms with Crippen molar-refractivity contribution in [3.63, 3.8) is 0 Å². The summed E-state index contributed by atoms with van der Waals surface area (Å²) >= 11 is 0. The second-order valence-electron chi connectivity index (χ2n) is 3.42. The Bertz CT molecular complexity index is 125. The van der Waals surface area contributed by atoms with Gasteiger partial charge in [-0.25, -0.2) is 0 Å². The first-order chi connectivity index (χ1) is 5.70. The van der Waals surface area contributed by atoms with Crippen LogP contribution >= 0.6 is 0 Å². The molecule has 0 rings (SSSR count). The lowest BCUT2D eigenvalue weighted by Gasteiger charge is -2.06. The first-order valence-electron chi connectivity index (χ1n) is 5.08. The summed E-state index contributed by atoms with van der Waals surface area (Å²) in [5.41, 5.74) is 1.43. The van der Waals surface area contributed by atoms with Crippen molar-refractivity contribution in [3.8, 4) is 0 Å². The number of rotatable bonds is 6. The van der Waals surface area contributed by atoms with Gasteiger partial charge in [0.25, 0.3) is 0 Å². The first-order valence-corrected chi connectivity index (χ1v) is 5.08. The number of hydrogen-bond acceptors (Lipinski definition) is 1. The van der Waals surface area contributed by atoms with E-state index in [-0.39, 0.29) is 6.10 Å². The zero-order chi connectivity index (χ0) is 9.40. The van der Waals surface area contributed by atoms with Gasteiger partial charge in [-0.2, -0.15) is 0 Å². The number of hydrogen-bond donors (Lipinski definition) is 1. The van der Waals surface area contributed by atoms with Crippen molar-refractivity contribution in [2.24, 2.45) is 0 Å². The fourth-order valence-corrected chi connectivity index (χ4v) is 1.36. The molecule has 0 saturated heterocycles. The molecule has 72 valence electrons. The molecule has 0 aromatic carbocycles. The van der Waals surface area contributed by atoms with Crippen LogP contribution in [0.15, 0.2) is 11.6 Å².